The van der Waals surface area contributed by atoms with Gasteiger partial charge in [-0.1, -0.05) is 42.0 Å². The summed E-state index contributed by atoms with van der Waals surface area (Å²) in [7, 11) is 0. The zero-order valence-corrected chi connectivity index (χ0v) is 16.5. The van der Waals surface area contributed by atoms with E-state index >= 15 is 0 Å². The van der Waals surface area contributed by atoms with E-state index in [1.54, 1.807) is 0 Å². The molecule has 2 nitrogen and oxygen atoms in total. The Kier molecular flexibility index (Phi) is 3.39. The summed E-state index contributed by atoms with van der Waals surface area (Å²) in [5.74, 6) is 0.961. The predicted molar refractivity (Wildman–Crippen MR) is 120 cm³/mol. The van der Waals surface area contributed by atoms with Crippen LogP contribution >= 0.6 is 0 Å². The first-order valence-corrected chi connectivity index (χ1v) is 10.00. The minimum absolute atomic E-state index is 0.858. The number of rotatable bonds is 1. The van der Waals surface area contributed by atoms with Gasteiger partial charge < -0.3 is 8.83 Å². The van der Waals surface area contributed by atoms with Gasteiger partial charge in [0.15, 0.2) is 0 Å². The first kappa shape index (κ1) is 16.4. The van der Waals surface area contributed by atoms with E-state index in [1.165, 1.54) is 38.4 Å². The normalized spacial score (nSPS) is 13.8. The number of para-hydroxylation sites is 1. The van der Waals surface area contributed by atoms with Crippen LogP contribution in [0.25, 0.3) is 44.6 Å². The smallest absolute Gasteiger partial charge is 0.138 e. The summed E-state index contributed by atoms with van der Waals surface area (Å²) in [5.41, 5.74) is 8.98. The summed E-state index contributed by atoms with van der Waals surface area (Å²) < 4.78 is 12.2. The number of hydrogen-bond acceptors (Lipinski definition) is 2. The van der Waals surface area contributed by atoms with Gasteiger partial charge in [-0.05, 0) is 73.4 Å². The van der Waals surface area contributed by atoms with Crippen LogP contribution < -0.4 is 0 Å². The molecule has 0 aliphatic heterocycles. The number of furan rings is 2. The molecular formula is C27H20O2. The van der Waals surface area contributed by atoms with Gasteiger partial charge >= 0.3 is 0 Å². The van der Waals surface area contributed by atoms with Gasteiger partial charge in [0.25, 0.3) is 0 Å². The maximum atomic E-state index is 6.11. The molecule has 1 aliphatic rings. The molecule has 0 radical (unpaired) electrons. The Morgan fingerprint density at radius 2 is 1.62 bits per heavy atom. The fraction of sp³-hybridized carbons (Fsp3) is 0.111. The first-order chi connectivity index (χ1) is 14.2. The topological polar surface area (TPSA) is 26.3 Å². The Morgan fingerprint density at radius 3 is 2.55 bits per heavy atom. The van der Waals surface area contributed by atoms with Crippen LogP contribution in [0.15, 0.2) is 75.6 Å². The van der Waals surface area contributed by atoms with Gasteiger partial charge in [-0.2, -0.15) is 0 Å². The van der Waals surface area contributed by atoms with Crippen molar-refractivity contribution in [3.63, 3.8) is 0 Å². The van der Waals surface area contributed by atoms with Crippen LogP contribution in [0.4, 0.5) is 0 Å². The fourth-order valence-corrected chi connectivity index (χ4v) is 4.45. The van der Waals surface area contributed by atoms with E-state index < -0.39 is 0 Å². The second-order valence-electron chi connectivity index (χ2n) is 7.91. The van der Waals surface area contributed by atoms with Crippen LogP contribution in [0.1, 0.15) is 28.0 Å². The molecule has 0 unspecified atom stereocenters. The van der Waals surface area contributed by atoms with Crippen molar-refractivity contribution in [2.45, 2.75) is 20.3 Å². The van der Waals surface area contributed by atoms with Gasteiger partial charge in [-0.3, -0.25) is 0 Å². The van der Waals surface area contributed by atoms with Gasteiger partial charge in [0.1, 0.15) is 22.5 Å². The van der Waals surface area contributed by atoms with Crippen molar-refractivity contribution in [2.24, 2.45) is 0 Å². The number of aryl methyl sites for hydroxylation is 2. The van der Waals surface area contributed by atoms with E-state index in [4.69, 9.17) is 8.83 Å². The molecule has 2 heterocycles. The number of benzene rings is 3. The molecule has 2 heteroatoms. The second-order valence-corrected chi connectivity index (χ2v) is 7.91. The SMILES string of the molecule is Cc1ccc2oc3c(c2c1)CC=C(c1cc(C)c2oc4ccccc4c2c1)C=C3. The largest absolute Gasteiger partial charge is 0.456 e. The van der Waals surface area contributed by atoms with Crippen LogP contribution in [0, 0.1) is 13.8 Å². The van der Waals surface area contributed by atoms with E-state index in [1.807, 2.05) is 12.1 Å². The van der Waals surface area contributed by atoms with Crippen LogP contribution in [-0.2, 0) is 6.42 Å². The fourth-order valence-electron chi connectivity index (χ4n) is 4.45. The molecule has 1 aliphatic carbocycles. The molecule has 3 aromatic carbocycles. The Bertz CT molecular complexity index is 1490. The van der Waals surface area contributed by atoms with Crippen molar-refractivity contribution in [3.05, 3.63) is 94.8 Å². The number of hydrogen-bond donors (Lipinski definition) is 0. The van der Waals surface area contributed by atoms with E-state index in [-0.39, 0.29) is 0 Å². The average molecular weight is 376 g/mol. The molecule has 0 fully saturated rings. The highest BCUT2D eigenvalue weighted by molar-refractivity contribution is 6.07. The summed E-state index contributed by atoms with van der Waals surface area (Å²) in [6, 6.07) is 19.1. The molecule has 29 heavy (non-hydrogen) atoms. The van der Waals surface area contributed by atoms with Gasteiger partial charge in [0.05, 0.1) is 0 Å². The Hall–Kier alpha value is -3.52. The molecule has 0 atom stereocenters. The molecule has 140 valence electrons. The van der Waals surface area contributed by atoms with Gasteiger partial charge in [0, 0.05) is 21.7 Å². The maximum absolute atomic E-state index is 6.11. The van der Waals surface area contributed by atoms with Gasteiger partial charge in [-0.25, -0.2) is 0 Å². The molecule has 0 bridgehead atoms. The standard InChI is InChI=1S/C27H20O2/c1-16-7-11-26-22(13-16)21-10-8-18(9-12-25(21)28-26)19-14-17(2)27-23(15-19)20-5-3-4-6-24(20)29-27/h3-9,11-15H,10H2,1-2H3. The highest BCUT2D eigenvalue weighted by Gasteiger charge is 2.16. The third kappa shape index (κ3) is 2.49. The van der Waals surface area contributed by atoms with Crippen molar-refractivity contribution >= 4 is 44.6 Å². The van der Waals surface area contributed by atoms with Crippen molar-refractivity contribution < 1.29 is 8.83 Å². The highest BCUT2D eigenvalue weighted by Crippen LogP contribution is 2.36. The van der Waals surface area contributed by atoms with E-state index in [2.05, 4.69) is 74.5 Å². The predicted octanol–water partition coefficient (Wildman–Crippen LogP) is 7.60. The zero-order valence-electron chi connectivity index (χ0n) is 16.5. The van der Waals surface area contributed by atoms with Crippen molar-refractivity contribution in [2.75, 3.05) is 0 Å². The lowest BCUT2D eigenvalue weighted by Crippen LogP contribution is -1.86. The number of allylic oxidation sites excluding steroid dienone is 3. The summed E-state index contributed by atoms with van der Waals surface area (Å²) in [5, 5.41) is 3.56. The van der Waals surface area contributed by atoms with Crippen molar-refractivity contribution in [1.82, 2.24) is 0 Å². The van der Waals surface area contributed by atoms with Crippen molar-refractivity contribution in [3.8, 4) is 0 Å². The monoisotopic (exact) mass is 376 g/mol. The molecular weight excluding hydrogens is 356 g/mol. The second kappa shape index (κ2) is 5.99. The summed E-state index contributed by atoms with van der Waals surface area (Å²) in [4.78, 5) is 0. The Labute approximate surface area is 168 Å². The molecule has 0 N–H and O–H groups in total. The molecule has 0 saturated carbocycles. The Morgan fingerprint density at radius 1 is 0.759 bits per heavy atom. The Balaban J connectivity index is 1.50. The van der Waals surface area contributed by atoms with E-state index in [0.717, 1.165) is 34.5 Å². The third-order valence-corrected chi connectivity index (χ3v) is 5.92. The van der Waals surface area contributed by atoms with Crippen molar-refractivity contribution in [1.29, 1.82) is 0 Å². The van der Waals surface area contributed by atoms with Crippen LogP contribution in [-0.4, -0.2) is 0 Å². The minimum Gasteiger partial charge on any atom is -0.456 e. The minimum atomic E-state index is 0.858. The highest BCUT2D eigenvalue weighted by atomic mass is 16.3. The first-order valence-electron chi connectivity index (χ1n) is 10.00. The summed E-state index contributed by atoms with van der Waals surface area (Å²) >= 11 is 0. The molecule has 0 amide bonds. The lowest BCUT2D eigenvalue weighted by molar-refractivity contribution is 0.600. The van der Waals surface area contributed by atoms with E-state index in [0.29, 0.717) is 0 Å². The quantitative estimate of drug-likeness (QED) is 0.301. The molecule has 6 rings (SSSR count). The number of fused-ring (bicyclic) bond motifs is 6. The third-order valence-electron chi connectivity index (χ3n) is 5.92. The lowest BCUT2D eigenvalue weighted by Gasteiger charge is -2.05. The maximum Gasteiger partial charge on any atom is 0.138 e. The summed E-state index contributed by atoms with van der Waals surface area (Å²) in [6.45, 7) is 4.25. The molecule has 0 saturated heterocycles. The molecule has 2 aromatic heterocycles. The lowest BCUT2D eigenvalue weighted by atomic mass is 9.98. The molecule has 0 spiro atoms. The van der Waals surface area contributed by atoms with Crippen LogP contribution in [0.2, 0.25) is 0 Å². The average Bonchev–Trinajstić information content (AvgIpc) is 3.19. The van der Waals surface area contributed by atoms with Crippen LogP contribution in [0.3, 0.4) is 0 Å². The van der Waals surface area contributed by atoms with Gasteiger partial charge in [-0.15, -0.1) is 0 Å². The molecule has 5 aromatic rings. The summed E-state index contributed by atoms with van der Waals surface area (Å²) in [6.07, 6.45) is 7.44. The van der Waals surface area contributed by atoms with E-state index in [9.17, 15) is 0 Å². The van der Waals surface area contributed by atoms with Crippen LogP contribution in [0.5, 0.6) is 0 Å². The van der Waals surface area contributed by atoms with Gasteiger partial charge in [0.2, 0.25) is 0 Å². The zero-order chi connectivity index (χ0) is 19.5.